The molecule has 15 nitrogen and oxygen atoms in total. The van der Waals surface area contributed by atoms with E-state index < -0.39 is 37.7 Å². The van der Waals surface area contributed by atoms with Gasteiger partial charge < -0.3 is 24.2 Å². The standard InChI is InChI=1S/C34H44N2O8S2.C26H42NO4/c1-24-9-12-31-30(20-24)34(2,14-5-3-4-8-32(37)38)33-29-23-25-10-11-28(22-27(25)21-26(29)13-17-36(31)33)35(15-6-18-45(39,40)41)16-7-19-46(42,43)44;1-7-29-24(28)13-11-10-12-17-26(6)21(5)27(18-16-25(30-8-2)31-9-3)23-15-14-20(4)19-22(23)26/h9-12,20,22-23,26H,3-8,13-19,21H2,1-2H3,(H2-,37,38,39,40,41,42,43,44);14-15,19,25H,7-13,16-18H2,1-6H3/q;+1/p+1. The molecule has 4 aliphatic rings. The van der Waals surface area contributed by atoms with Crippen molar-refractivity contribution in [3.05, 3.63) is 93.6 Å². The van der Waals surface area contributed by atoms with Crippen molar-refractivity contribution < 1.29 is 64.0 Å². The van der Waals surface area contributed by atoms with Gasteiger partial charge in [-0.15, -0.1) is 0 Å². The van der Waals surface area contributed by atoms with Gasteiger partial charge in [-0.1, -0.05) is 55.0 Å². The first-order valence-corrected chi connectivity index (χ1v) is 31.3. The van der Waals surface area contributed by atoms with Gasteiger partial charge in [-0.05, 0) is 135 Å². The van der Waals surface area contributed by atoms with Crippen molar-refractivity contribution in [3.8, 4) is 0 Å². The zero-order valence-electron chi connectivity index (χ0n) is 47.1. The highest BCUT2D eigenvalue weighted by Crippen LogP contribution is 2.51. The average molecular weight is 1110 g/mol. The summed E-state index contributed by atoms with van der Waals surface area (Å²) in [7, 11) is -8.25. The number of fused-ring (bicyclic) bond motifs is 6. The zero-order chi connectivity index (χ0) is 56.1. The number of carboxylic acids is 1. The molecule has 77 heavy (non-hydrogen) atoms. The second kappa shape index (κ2) is 27.4. The first-order chi connectivity index (χ1) is 36.5. The van der Waals surface area contributed by atoms with Crippen LogP contribution in [0, 0.1) is 19.8 Å². The summed E-state index contributed by atoms with van der Waals surface area (Å²) in [6.07, 6.45) is 13.4. The first-order valence-electron chi connectivity index (χ1n) is 28.1. The van der Waals surface area contributed by atoms with Crippen LogP contribution < -0.4 is 4.90 Å². The SMILES string of the molecule is CCOC(=O)CCCCCC1(C)C(C)=[N+](CCC(OCC)OCC)c2ccc(C)cc21.Cc1ccc2c(c1)C(C)(CCCCCC(=O)O)C1=[N+]2CCC2Cc3cc(N(CCCS(=O)(=O)O)CCCS(=O)(=O)O)ccc3C=C12. The summed E-state index contributed by atoms with van der Waals surface area (Å²) in [5.74, 6) is -1.30. The number of benzene rings is 3. The average Bonchev–Trinajstić information content (AvgIpc) is 3.90. The summed E-state index contributed by atoms with van der Waals surface area (Å²) in [6.45, 7) is 21.3. The van der Waals surface area contributed by atoms with Crippen molar-refractivity contribution in [1.82, 2.24) is 0 Å². The fourth-order valence-electron chi connectivity index (χ4n) is 12.2. The predicted molar refractivity (Wildman–Crippen MR) is 305 cm³/mol. The summed E-state index contributed by atoms with van der Waals surface area (Å²) in [4.78, 5) is 24.6. The number of rotatable bonds is 29. The molecule has 3 N–H and O–H groups in total. The lowest BCUT2D eigenvalue weighted by Gasteiger charge is -2.34. The van der Waals surface area contributed by atoms with Crippen molar-refractivity contribution in [1.29, 1.82) is 0 Å². The second-order valence-electron chi connectivity index (χ2n) is 21.8. The third-order valence-electron chi connectivity index (χ3n) is 16.1. The van der Waals surface area contributed by atoms with Crippen molar-refractivity contribution >= 4 is 66.7 Å². The smallest absolute Gasteiger partial charge is 0.305 e. The van der Waals surface area contributed by atoms with Gasteiger partial charge in [-0.25, -0.2) is 0 Å². The molecule has 3 aromatic carbocycles. The number of esters is 1. The Labute approximate surface area is 459 Å². The van der Waals surface area contributed by atoms with Crippen LogP contribution in [0.25, 0.3) is 6.08 Å². The Morgan fingerprint density at radius 3 is 1.90 bits per heavy atom. The molecular formula is C60H87N3O12S2+2. The van der Waals surface area contributed by atoms with Crippen LogP contribution in [0.2, 0.25) is 0 Å². The summed E-state index contributed by atoms with van der Waals surface area (Å²) in [5, 5.41) is 9.10. The maximum atomic E-state index is 11.6. The van der Waals surface area contributed by atoms with Crippen molar-refractivity contribution in [2.75, 3.05) is 62.4 Å². The van der Waals surface area contributed by atoms with E-state index in [2.05, 4.69) is 98.4 Å². The van der Waals surface area contributed by atoms with E-state index in [0.717, 1.165) is 88.5 Å². The van der Waals surface area contributed by atoms with Crippen molar-refractivity contribution in [2.45, 2.75) is 169 Å². The fourth-order valence-corrected chi connectivity index (χ4v) is 13.2. The highest BCUT2D eigenvalue weighted by atomic mass is 32.2. The summed E-state index contributed by atoms with van der Waals surface area (Å²) < 4.78 is 85.3. The molecule has 3 unspecified atom stereocenters. The number of anilines is 1. The molecule has 0 amide bonds. The highest BCUT2D eigenvalue weighted by molar-refractivity contribution is 7.86. The summed E-state index contributed by atoms with van der Waals surface area (Å²) in [6, 6.07) is 19.7. The van der Waals surface area contributed by atoms with E-state index in [4.69, 9.17) is 19.3 Å². The highest BCUT2D eigenvalue weighted by Gasteiger charge is 2.53. The van der Waals surface area contributed by atoms with E-state index in [1.807, 2.05) is 31.7 Å². The maximum Gasteiger partial charge on any atom is 0.305 e. The molecule has 3 heterocycles. The third-order valence-corrected chi connectivity index (χ3v) is 17.7. The number of carbonyl (C=O) groups excluding carboxylic acids is 1. The van der Waals surface area contributed by atoms with Crippen LogP contribution in [0.4, 0.5) is 17.1 Å². The van der Waals surface area contributed by atoms with Gasteiger partial charge in [0.25, 0.3) is 20.2 Å². The maximum absolute atomic E-state index is 11.6. The number of ether oxygens (including phenoxy) is 3. The van der Waals surface area contributed by atoms with Gasteiger partial charge in [-0.3, -0.25) is 18.7 Å². The zero-order valence-corrected chi connectivity index (χ0v) is 48.7. The number of nitrogens with zero attached hydrogens (tertiary/aromatic N) is 3. The van der Waals surface area contributed by atoms with E-state index in [-0.39, 0.29) is 42.4 Å². The minimum Gasteiger partial charge on any atom is -0.481 e. The van der Waals surface area contributed by atoms with Crippen LogP contribution in [-0.4, -0.2) is 127 Å². The summed E-state index contributed by atoms with van der Waals surface area (Å²) in [5.41, 5.74) is 14.9. The monoisotopic (exact) mass is 1110 g/mol. The van der Waals surface area contributed by atoms with Crippen LogP contribution in [0.15, 0.2) is 60.2 Å². The molecule has 1 aliphatic carbocycles. The second-order valence-corrected chi connectivity index (χ2v) is 25.0. The van der Waals surface area contributed by atoms with Crippen molar-refractivity contribution in [3.63, 3.8) is 0 Å². The number of hydrogen-bond donors (Lipinski definition) is 3. The molecule has 3 aromatic rings. The van der Waals surface area contributed by atoms with Gasteiger partial charge in [0.2, 0.25) is 11.4 Å². The lowest BCUT2D eigenvalue weighted by Crippen LogP contribution is -2.41. The molecule has 7 rings (SSSR count). The van der Waals surface area contributed by atoms with E-state index in [0.29, 0.717) is 51.7 Å². The lowest BCUT2D eigenvalue weighted by atomic mass is 9.67. The number of aryl methyl sites for hydroxylation is 2. The van der Waals surface area contributed by atoms with Gasteiger partial charge in [0.05, 0.1) is 35.4 Å². The van der Waals surface area contributed by atoms with E-state index in [9.17, 15) is 35.5 Å². The first kappa shape index (κ1) is 61.4. The molecule has 17 heteroatoms. The minimum atomic E-state index is -4.13. The largest absolute Gasteiger partial charge is 0.481 e. The number of aliphatic carboxylic acids is 1. The van der Waals surface area contributed by atoms with Gasteiger partial charge in [0.1, 0.15) is 6.54 Å². The Kier molecular flexibility index (Phi) is 21.9. The molecule has 3 atom stereocenters. The van der Waals surface area contributed by atoms with Gasteiger partial charge >= 0.3 is 11.9 Å². The molecule has 0 saturated heterocycles. The van der Waals surface area contributed by atoms with E-state index >= 15 is 0 Å². The van der Waals surface area contributed by atoms with Crippen molar-refractivity contribution in [2.24, 2.45) is 5.92 Å². The summed E-state index contributed by atoms with van der Waals surface area (Å²) >= 11 is 0. The molecular weight excluding hydrogens is 1020 g/mol. The molecule has 424 valence electrons. The van der Waals surface area contributed by atoms with Crippen LogP contribution in [0.3, 0.4) is 0 Å². The van der Waals surface area contributed by atoms with E-state index in [1.54, 1.807) is 0 Å². The Morgan fingerprint density at radius 1 is 0.727 bits per heavy atom. The number of hydrogen-bond acceptors (Lipinski definition) is 10. The van der Waals surface area contributed by atoms with Crippen LogP contribution >= 0.6 is 0 Å². The number of carbonyl (C=O) groups is 2. The van der Waals surface area contributed by atoms with Gasteiger partial charge in [0, 0.05) is 92.9 Å². The van der Waals surface area contributed by atoms with Gasteiger partial charge in [-0.2, -0.15) is 26.0 Å². The predicted octanol–water partition coefficient (Wildman–Crippen LogP) is 11.1. The molecule has 0 radical (unpaired) electrons. The van der Waals surface area contributed by atoms with Crippen LogP contribution in [0.1, 0.15) is 165 Å². The lowest BCUT2D eigenvalue weighted by molar-refractivity contribution is -0.444. The third kappa shape index (κ3) is 16.2. The minimum absolute atomic E-state index is 0.0119. The fraction of sp³-hybridized carbons (Fsp3) is 0.600. The molecule has 0 aromatic heterocycles. The molecule has 0 saturated carbocycles. The van der Waals surface area contributed by atoms with E-state index in [1.165, 1.54) is 56.2 Å². The Bertz CT molecular complexity index is 2850. The number of unbranched alkanes of at least 4 members (excludes halogenated alkanes) is 4. The quantitative estimate of drug-likeness (QED) is 0.0195. The number of carboxylic acid groups (broad SMARTS) is 1. The van der Waals surface area contributed by atoms with Crippen LogP contribution in [0.5, 0.6) is 0 Å². The molecule has 3 aliphatic heterocycles. The normalized spacial score (nSPS) is 19.5. The molecule has 0 fully saturated rings. The number of allylic oxidation sites excluding steroid dienone is 1. The Balaban J connectivity index is 0.000000270. The molecule has 0 bridgehead atoms. The Hall–Kier alpha value is -4.78. The Morgan fingerprint density at radius 2 is 1.31 bits per heavy atom. The molecule has 0 spiro atoms. The van der Waals surface area contributed by atoms with Crippen LogP contribution in [-0.2, 0) is 61.3 Å². The topological polar surface area (TPSA) is 200 Å². The van der Waals surface area contributed by atoms with Gasteiger partial charge in [0.15, 0.2) is 24.3 Å².